The molecule has 1 aromatic rings. The van der Waals surface area contributed by atoms with Crippen molar-refractivity contribution in [1.82, 2.24) is 16.1 Å². The predicted octanol–water partition coefficient (Wildman–Crippen LogP) is 1.67. The lowest BCUT2D eigenvalue weighted by Crippen LogP contribution is -2.77. The van der Waals surface area contributed by atoms with Crippen molar-refractivity contribution in [1.29, 1.82) is 0 Å². The van der Waals surface area contributed by atoms with Crippen LogP contribution in [-0.2, 0) is 4.79 Å². The summed E-state index contributed by atoms with van der Waals surface area (Å²) < 4.78 is 63.4. The van der Waals surface area contributed by atoms with Crippen LogP contribution in [0.4, 0.5) is 19.4 Å². The largest absolute Gasteiger partial charge is 0.384 e. The molecule has 5 N–H and O–H groups in total. The van der Waals surface area contributed by atoms with Crippen LogP contribution in [0.2, 0.25) is 0 Å². The minimum atomic E-state index is -9.87. The highest BCUT2D eigenvalue weighted by molar-refractivity contribution is 8.45. The van der Waals surface area contributed by atoms with Gasteiger partial charge in [-0.25, -0.2) is 5.48 Å². The van der Waals surface area contributed by atoms with Gasteiger partial charge in [0.25, 0.3) is 11.8 Å². The van der Waals surface area contributed by atoms with E-state index in [4.69, 9.17) is 5.21 Å². The Bertz CT molecular complexity index is 743. The SMILES string of the molecule is C[C@@H]1NC[C@@]1(O)[C@H](NC(=O)c1ccc(S(F)(F)(F)(F)F)cc1)C(=O)NO. The first-order valence-corrected chi connectivity index (χ1v) is 9.08. The van der Waals surface area contributed by atoms with E-state index in [9.17, 15) is 34.1 Å². The Morgan fingerprint density at radius 3 is 2.12 bits per heavy atom. The number of nitrogens with one attached hydrogen (secondary N) is 3. The van der Waals surface area contributed by atoms with Crippen LogP contribution < -0.4 is 16.1 Å². The van der Waals surface area contributed by atoms with Gasteiger partial charge in [-0.05, 0) is 31.2 Å². The fourth-order valence-electron chi connectivity index (χ4n) is 2.43. The molecule has 3 atom stereocenters. The number of aliphatic hydroxyl groups is 1. The van der Waals surface area contributed by atoms with E-state index in [0.29, 0.717) is 12.1 Å². The quantitative estimate of drug-likeness (QED) is 0.291. The van der Waals surface area contributed by atoms with Gasteiger partial charge in [-0.2, -0.15) is 0 Å². The van der Waals surface area contributed by atoms with Gasteiger partial charge < -0.3 is 15.7 Å². The molecule has 0 saturated carbocycles. The van der Waals surface area contributed by atoms with E-state index in [1.807, 2.05) is 0 Å². The lowest BCUT2D eigenvalue weighted by atomic mass is 9.80. The zero-order valence-electron chi connectivity index (χ0n) is 13.2. The predicted molar refractivity (Wildman–Crippen MR) is 81.4 cm³/mol. The molecule has 1 aliphatic heterocycles. The molecule has 2 rings (SSSR count). The highest BCUT2D eigenvalue weighted by Gasteiger charge is 2.65. The standard InChI is InChI=1S/C13H16F5N3O4S/c1-7-13(24,6-19-7)10(12(23)21-25)20-11(22)8-2-4-9(5-3-8)26(14,15,16,17)18/h2-5,7,10,19,24-25H,6H2,1H3,(H,20,22)(H,21,23)/t7-,10+,13-/m0/s1. The van der Waals surface area contributed by atoms with Crippen LogP contribution in [-0.4, -0.2) is 46.4 Å². The lowest BCUT2D eigenvalue weighted by Gasteiger charge is -2.48. The van der Waals surface area contributed by atoms with Crippen LogP contribution in [0, 0.1) is 0 Å². The van der Waals surface area contributed by atoms with Crippen LogP contribution in [0.3, 0.4) is 0 Å². The van der Waals surface area contributed by atoms with E-state index in [1.165, 1.54) is 12.4 Å². The summed E-state index contributed by atoms with van der Waals surface area (Å²) in [6.07, 6.45) is 0. The topological polar surface area (TPSA) is 111 Å². The number of carbonyl (C=O) groups excluding carboxylic acids is 2. The zero-order chi connectivity index (χ0) is 20.0. The van der Waals surface area contributed by atoms with E-state index in [0.717, 1.165) is 0 Å². The second kappa shape index (κ2) is 5.52. The van der Waals surface area contributed by atoms with Crippen LogP contribution >= 0.6 is 10.2 Å². The molecule has 2 amide bonds. The first-order valence-electron chi connectivity index (χ1n) is 7.13. The van der Waals surface area contributed by atoms with Gasteiger partial charge >= 0.3 is 10.2 Å². The Hall–Kier alpha value is -1.96. The number of halogens is 5. The summed E-state index contributed by atoms with van der Waals surface area (Å²) in [5.41, 5.74) is -0.936. The molecular weight excluding hydrogens is 389 g/mol. The molecule has 0 spiro atoms. The molecule has 148 valence electrons. The minimum absolute atomic E-state index is 0.0554. The van der Waals surface area contributed by atoms with Crippen molar-refractivity contribution >= 4 is 22.0 Å². The third-order valence-electron chi connectivity index (χ3n) is 4.15. The lowest BCUT2D eigenvalue weighted by molar-refractivity contribution is -0.146. The van der Waals surface area contributed by atoms with E-state index in [1.54, 1.807) is 0 Å². The molecule has 13 heteroatoms. The highest BCUT2D eigenvalue weighted by Crippen LogP contribution is 3.02. The summed E-state index contributed by atoms with van der Waals surface area (Å²) in [6.45, 7) is 1.40. The van der Waals surface area contributed by atoms with Gasteiger partial charge in [0.2, 0.25) is 0 Å². The van der Waals surface area contributed by atoms with E-state index in [2.05, 4.69) is 10.6 Å². The van der Waals surface area contributed by atoms with Crippen LogP contribution in [0.1, 0.15) is 17.3 Å². The van der Waals surface area contributed by atoms with Crippen molar-refractivity contribution in [2.75, 3.05) is 6.54 Å². The van der Waals surface area contributed by atoms with Crippen molar-refractivity contribution in [2.45, 2.75) is 29.5 Å². The summed E-state index contributed by atoms with van der Waals surface area (Å²) >= 11 is 0. The number of β-amino-alcohol motifs (C(OH)–C–C–N with tert-alkyl or cyclic N) is 1. The molecule has 1 aromatic carbocycles. The Kier molecular flexibility index (Phi) is 4.32. The van der Waals surface area contributed by atoms with Crippen molar-refractivity contribution in [3.8, 4) is 0 Å². The number of carbonyl (C=O) groups is 2. The summed E-state index contributed by atoms with van der Waals surface area (Å²) in [6, 6.07) is -1.13. The van der Waals surface area contributed by atoms with Crippen molar-refractivity contribution < 1.29 is 39.3 Å². The van der Waals surface area contributed by atoms with Gasteiger partial charge in [0.15, 0.2) is 0 Å². The average molecular weight is 405 g/mol. The number of amides is 2. The smallest absolute Gasteiger partial charge is 0.310 e. The molecule has 0 bridgehead atoms. The van der Waals surface area contributed by atoms with Gasteiger partial charge in [0, 0.05) is 18.2 Å². The normalized spacial score (nSPS) is 26.7. The molecular formula is C13H16F5N3O4S. The molecule has 0 aromatic heterocycles. The molecule has 0 radical (unpaired) electrons. The van der Waals surface area contributed by atoms with Crippen molar-refractivity contribution in [3.63, 3.8) is 0 Å². The number of hydrogen-bond acceptors (Lipinski definition) is 5. The van der Waals surface area contributed by atoms with E-state index < -0.39 is 50.2 Å². The van der Waals surface area contributed by atoms with Gasteiger partial charge in [-0.15, -0.1) is 0 Å². The zero-order valence-corrected chi connectivity index (χ0v) is 14.0. The molecule has 1 saturated heterocycles. The molecule has 0 unspecified atom stereocenters. The summed E-state index contributed by atoms with van der Waals surface area (Å²) in [5.74, 6) is -2.25. The second-order valence-electron chi connectivity index (χ2n) is 5.97. The molecule has 7 nitrogen and oxygen atoms in total. The maximum absolute atomic E-state index is 12.7. The number of hydroxylamine groups is 1. The van der Waals surface area contributed by atoms with Gasteiger partial charge in [0.05, 0.1) is 0 Å². The van der Waals surface area contributed by atoms with Gasteiger partial charge in [-0.1, -0.05) is 19.4 Å². The average Bonchev–Trinajstić information content (AvgIpc) is 2.54. The maximum Gasteiger partial charge on any atom is 0.310 e. The van der Waals surface area contributed by atoms with Crippen LogP contribution in [0.5, 0.6) is 0 Å². The fourth-order valence-corrected chi connectivity index (χ4v) is 3.08. The third-order valence-corrected chi connectivity index (χ3v) is 5.31. The monoisotopic (exact) mass is 405 g/mol. The number of benzene rings is 1. The molecule has 0 aliphatic carbocycles. The minimum Gasteiger partial charge on any atom is -0.384 e. The number of hydrogen-bond donors (Lipinski definition) is 5. The highest BCUT2D eigenvalue weighted by atomic mass is 32.5. The summed E-state index contributed by atoms with van der Waals surface area (Å²) in [7, 11) is -9.87. The molecule has 1 heterocycles. The molecule has 26 heavy (non-hydrogen) atoms. The first kappa shape index (κ1) is 20.4. The third kappa shape index (κ3) is 3.90. The Morgan fingerprint density at radius 1 is 1.23 bits per heavy atom. The number of rotatable bonds is 5. The van der Waals surface area contributed by atoms with E-state index in [-0.39, 0.29) is 18.7 Å². The van der Waals surface area contributed by atoms with Crippen molar-refractivity contribution in [3.05, 3.63) is 29.8 Å². The molecule has 1 fully saturated rings. The van der Waals surface area contributed by atoms with Crippen LogP contribution in [0.15, 0.2) is 29.2 Å². The van der Waals surface area contributed by atoms with Gasteiger partial charge in [0.1, 0.15) is 16.5 Å². The Balaban J connectivity index is 2.24. The Morgan fingerprint density at radius 2 is 1.77 bits per heavy atom. The van der Waals surface area contributed by atoms with Crippen molar-refractivity contribution in [2.24, 2.45) is 0 Å². The summed E-state index contributed by atoms with van der Waals surface area (Å²) in [4.78, 5) is 21.7. The first-order chi connectivity index (χ1) is 11.6. The van der Waals surface area contributed by atoms with Gasteiger partial charge in [-0.3, -0.25) is 14.8 Å². The summed E-state index contributed by atoms with van der Waals surface area (Å²) in [5, 5.41) is 23.9. The maximum atomic E-state index is 12.7. The Labute approximate surface area is 144 Å². The molecule has 1 aliphatic rings. The van der Waals surface area contributed by atoms with Crippen LogP contribution in [0.25, 0.3) is 0 Å². The van der Waals surface area contributed by atoms with E-state index >= 15 is 0 Å². The fraction of sp³-hybridized carbons (Fsp3) is 0.385. The second-order valence-corrected chi connectivity index (χ2v) is 8.38.